The molecule has 0 bridgehead atoms. The van der Waals surface area contributed by atoms with Crippen molar-refractivity contribution in [2.24, 2.45) is 0 Å². The molecule has 0 aliphatic carbocycles. The van der Waals surface area contributed by atoms with Gasteiger partial charge in [-0.1, -0.05) is 30.7 Å². The van der Waals surface area contributed by atoms with E-state index in [9.17, 15) is 18.4 Å². The summed E-state index contributed by atoms with van der Waals surface area (Å²) in [6.07, 6.45) is 2.98. The van der Waals surface area contributed by atoms with Crippen molar-refractivity contribution in [1.82, 2.24) is 0 Å². The molecule has 1 aliphatic rings. The Morgan fingerprint density at radius 1 is 1.09 bits per heavy atom. The minimum atomic E-state index is -3.97. The summed E-state index contributed by atoms with van der Waals surface area (Å²) in [5, 5.41) is 11.9. The first-order valence-electron chi connectivity index (χ1n) is 10.8. The van der Waals surface area contributed by atoms with Gasteiger partial charge >= 0.3 is 0 Å². The topological polar surface area (TPSA) is 99.4 Å². The quantitative estimate of drug-likeness (QED) is 0.307. The molecule has 1 saturated heterocycles. The molecule has 178 valence electrons. The van der Waals surface area contributed by atoms with Crippen LogP contribution in [0.2, 0.25) is 5.02 Å². The van der Waals surface area contributed by atoms with Gasteiger partial charge in [-0.25, -0.2) is 8.42 Å². The second-order valence-electron chi connectivity index (χ2n) is 8.70. The van der Waals surface area contributed by atoms with E-state index in [0.717, 1.165) is 18.4 Å². The van der Waals surface area contributed by atoms with E-state index in [-0.39, 0.29) is 32.1 Å². The maximum Gasteiger partial charge on any atom is 0.261 e. The zero-order chi connectivity index (χ0) is 24.5. The lowest BCUT2D eigenvalue weighted by Gasteiger charge is -2.34. The van der Waals surface area contributed by atoms with Gasteiger partial charge in [0.25, 0.3) is 10.0 Å². The SMILES string of the molecule is Cc1cc(C(=O)c2cc(Cl)ccc2NS(=O)(=O)c2ccc(C3(C)CCOCC3)cc2)cc[n+]1[O-]. The third-order valence-corrected chi connectivity index (χ3v) is 7.91. The summed E-state index contributed by atoms with van der Waals surface area (Å²) in [7, 11) is -3.97. The first kappa shape index (κ1) is 24.2. The number of nitrogens with zero attached hydrogens (tertiary/aromatic N) is 1. The largest absolute Gasteiger partial charge is 0.619 e. The first-order valence-corrected chi connectivity index (χ1v) is 12.7. The molecule has 2 heterocycles. The van der Waals surface area contributed by atoms with Gasteiger partial charge in [0.2, 0.25) is 0 Å². The molecule has 0 radical (unpaired) electrons. The number of benzene rings is 2. The van der Waals surface area contributed by atoms with Crippen molar-refractivity contribution in [2.75, 3.05) is 17.9 Å². The van der Waals surface area contributed by atoms with Crippen molar-refractivity contribution in [2.45, 2.75) is 37.0 Å². The molecule has 1 aliphatic heterocycles. The van der Waals surface area contributed by atoms with Crippen LogP contribution in [0.4, 0.5) is 5.69 Å². The predicted molar refractivity (Wildman–Crippen MR) is 130 cm³/mol. The van der Waals surface area contributed by atoms with Crippen LogP contribution in [0, 0.1) is 12.1 Å². The molecule has 7 nitrogen and oxygen atoms in total. The van der Waals surface area contributed by atoms with Crippen LogP contribution in [0.5, 0.6) is 0 Å². The van der Waals surface area contributed by atoms with Gasteiger partial charge in [-0.15, -0.1) is 0 Å². The lowest BCUT2D eigenvalue weighted by Crippen LogP contribution is -2.30. The summed E-state index contributed by atoms with van der Waals surface area (Å²) in [5.41, 5.74) is 1.79. The van der Waals surface area contributed by atoms with Gasteiger partial charge in [-0.3, -0.25) is 9.52 Å². The zero-order valence-electron chi connectivity index (χ0n) is 18.9. The monoisotopic (exact) mass is 500 g/mol. The number of nitrogens with one attached hydrogen (secondary N) is 1. The summed E-state index contributed by atoms with van der Waals surface area (Å²) in [5.74, 6) is -0.452. The van der Waals surface area contributed by atoms with Gasteiger partial charge < -0.3 is 9.94 Å². The molecule has 1 N–H and O–H groups in total. The molecule has 0 saturated carbocycles. The number of sulfonamides is 1. The summed E-state index contributed by atoms with van der Waals surface area (Å²) >= 11 is 6.10. The van der Waals surface area contributed by atoms with E-state index in [4.69, 9.17) is 16.3 Å². The molecule has 0 amide bonds. The number of hydrogen-bond acceptors (Lipinski definition) is 5. The molecule has 1 fully saturated rings. The number of carbonyl (C=O) groups is 1. The van der Waals surface area contributed by atoms with Crippen molar-refractivity contribution >= 4 is 33.1 Å². The van der Waals surface area contributed by atoms with E-state index >= 15 is 0 Å². The third-order valence-electron chi connectivity index (χ3n) is 6.29. The molecule has 0 unspecified atom stereocenters. The van der Waals surface area contributed by atoms with Crippen molar-refractivity contribution in [3.63, 3.8) is 0 Å². The molecule has 34 heavy (non-hydrogen) atoms. The first-order chi connectivity index (χ1) is 16.1. The standard InChI is InChI=1S/C25H25ClN2O5S/c1-17-15-18(9-12-28(17)30)24(29)22-16-20(26)5-8-23(22)27-34(31,32)21-6-3-19(4-7-21)25(2)10-13-33-14-11-25/h3-9,12,15-16,27H,10-11,13-14H2,1-2H3. The van der Waals surface area contributed by atoms with Gasteiger partial charge in [-0.05, 0) is 54.2 Å². The summed E-state index contributed by atoms with van der Waals surface area (Å²) in [4.78, 5) is 13.2. The average Bonchev–Trinajstić information content (AvgIpc) is 2.82. The summed E-state index contributed by atoms with van der Waals surface area (Å²) < 4.78 is 34.9. The Morgan fingerprint density at radius 2 is 1.76 bits per heavy atom. The average molecular weight is 501 g/mol. The number of hydrogen-bond donors (Lipinski definition) is 1. The summed E-state index contributed by atoms with van der Waals surface area (Å²) in [6, 6.07) is 14.0. The number of ketones is 1. The molecule has 0 spiro atoms. The van der Waals surface area contributed by atoms with Gasteiger partial charge in [0.15, 0.2) is 17.7 Å². The fraction of sp³-hybridized carbons (Fsp3) is 0.280. The van der Waals surface area contributed by atoms with E-state index in [0.29, 0.717) is 23.6 Å². The maximum absolute atomic E-state index is 13.1. The highest BCUT2D eigenvalue weighted by molar-refractivity contribution is 7.92. The van der Waals surface area contributed by atoms with Crippen molar-refractivity contribution in [3.8, 4) is 0 Å². The zero-order valence-corrected chi connectivity index (χ0v) is 20.4. The van der Waals surface area contributed by atoms with E-state index < -0.39 is 15.8 Å². The molecule has 0 atom stereocenters. The van der Waals surface area contributed by atoms with Gasteiger partial charge in [0.1, 0.15) is 0 Å². The molecule has 2 aromatic carbocycles. The highest BCUT2D eigenvalue weighted by Gasteiger charge is 2.30. The molecular formula is C25H25ClN2O5S. The number of anilines is 1. The number of carbonyl (C=O) groups excluding carboxylic acids is 1. The Kier molecular flexibility index (Phi) is 6.66. The Bertz CT molecular complexity index is 1330. The lowest BCUT2D eigenvalue weighted by atomic mass is 9.76. The van der Waals surface area contributed by atoms with Crippen molar-refractivity contribution in [3.05, 3.63) is 93.4 Å². The Balaban J connectivity index is 1.63. The van der Waals surface area contributed by atoms with Gasteiger partial charge in [-0.2, -0.15) is 4.73 Å². The lowest BCUT2D eigenvalue weighted by molar-refractivity contribution is -0.612. The Hall–Kier alpha value is -2.94. The van der Waals surface area contributed by atoms with E-state index in [1.807, 2.05) is 12.1 Å². The van der Waals surface area contributed by atoms with Crippen LogP contribution in [-0.2, 0) is 20.2 Å². The minimum absolute atomic E-state index is 0.0558. The Labute approximate surface area is 204 Å². The molecular weight excluding hydrogens is 476 g/mol. The molecule has 3 aromatic rings. The predicted octanol–water partition coefficient (Wildman–Crippen LogP) is 4.38. The smallest absolute Gasteiger partial charge is 0.261 e. The number of pyridine rings is 1. The maximum atomic E-state index is 13.1. The Morgan fingerprint density at radius 3 is 2.41 bits per heavy atom. The van der Waals surface area contributed by atoms with Crippen LogP contribution in [0.15, 0.2) is 65.7 Å². The highest BCUT2D eigenvalue weighted by atomic mass is 35.5. The van der Waals surface area contributed by atoms with Crippen molar-refractivity contribution in [1.29, 1.82) is 0 Å². The van der Waals surface area contributed by atoms with Gasteiger partial charge in [0, 0.05) is 48.4 Å². The fourth-order valence-electron chi connectivity index (χ4n) is 4.04. The minimum Gasteiger partial charge on any atom is -0.619 e. The van der Waals surface area contributed by atoms with E-state index in [1.54, 1.807) is 19.1 Å². The van der Waals surface area contributed by atoms with Gasteiger partial charge in [0.05, 0.1) is 10.6 Å². The third kappa shape index (κ3) is 4.94. The number of ether oxygens (including phenoxy) is 1. The van der Waals surface area contributed by atoms with Crippen LogP contribution < -0.4 is 9.45 Å². The number of aromatic nitrogens is 1. The van der Waals surface area contributed by atoms with Crippen LogP contribution in [0.1, 0.15) is 46.9 Å². The van der Waals surface area contributed by atoms with E-state index in [2.05, 4.69) is 11.6 Å². The summed E-state index contributed by atoms with van der Waals surface area (Å²) in [6.45, 7) is 5.10. The van der Waals surface area contributed by atoms with Crippen LogP contribution in [-0.4, -0.2) is 27.4 Å². The van der Waals surface area contributed by atoms with Crippen LogP contribution in [0.3, 0.4) is 0 Å². The van der Waals surface area contributed by atoms with Crippen LogP contribution >= 0.6 is 11.6 Å². The normalized spacial score (nSPS) is 15.6. The van der Waals surface area contributed by atoms with Crippen LogP contribution in [0.25, 0.3) is 0 Å². The van der Waals surface area contributed by atoms with Crippen molar-refractivity contribution < 1.29 is 22.7 Å². The molecule has 9 heteroatoms. The molecule has 1 aromatic heterocycles. The number of aryl methyl sites for hydroxylation is 1. The second-order valence-corrected chi connectivity index (χ2v) is 10.8. The number of rotatable bonds is 6. The van der Waals surface area contributed by atoms with E-state index in [1.165, 1.54) is 36.5 Å². The number of halogens is 1. The highest BCUT2D eigenvalue weighted by Crippen LogP contribution is 2.35. The molecule has 4 rings (SSSR count). The second kappa shape index (κ2) is 9.37. The fourth-order valence-corrected chi connectivity index (χ4v) is 5.30.